The third kappa shape index (κ3) is 4.82. The number of ether oxygens (including phenoxy) is 1. The normalized spacial score (nSPS) is 10.5. The fraction of sp³-hybridized carbons (Fsp3) is 0.286. The molecule has 4 nitrogen and oxygen atoms in total. The predicted octanol–water partition coefficient (Wildman–Crippen LogP) is 2.69. The van der Waals surface area contributed by atoms with Crippen LogP contribution in [0.5, 0.6) is 5.75 Å². The minimum atomic E-state index is -1.14. The minimum Gasteiger partial charge on any atom is -0.494 e. The number of aliphatic carboxylic acids is 1. The van der Waals surface area contributed by atoms with Gasteiger partial charge in [0.25, 0.3) is 0 Å². The largest absolute Gasteiger partial charge is 0.494 e. The Kier molecular flexibility index (Phi) is 5.64. The summed E-state index contributed by atoms with van der Waals surface area (Å²) in [5, 5.41) is 8.41. The lowest BCUT2D eigenvalue weighted by molar-refractivity contribution is -0.131. The molecular weight excluding hydrogens is 232 g/mol. The summed E-state index contributed by atoms with van der Waals surface area (Å²) in [7, 11) is 0. The first-order valence-electron chi connectivity index (χ1n) is 5.81. The van der Waals surface area contributed by atoms with Gasteiger partial charge in [-0.15, -0.1) is 0 Å². The van der Waals surface area contributed by atoms with E-state index in [0.717, 1.165) is 25.0 Å². The number of allylic oxidation sites excluding steroid dienone is 1. The smallest absolute Gasteiger partial charge is 0.328 e. The maximum absolute atomic E-state index is 11.5. The van der Waals surface area contributed by atoms with E-state index in [9.17, 15) is 9.59 Å². The van der Waals surface area contributed by atoms with Crippen LogP contribution in [0.15, 0.2) is 36.4 Å². The Morgan fingerprint density at radius 1 is 1.22 bits per heavy atom. The molecule has 0 aromatic heterocycles. The second-order valence-electron chi connectivity index (χ2n) is 3.76. The molecule has 96 valence electrons. The van der Waals surface area contributed by atoms with E-state index in [1.807, 2.05) is 0 Å². The molecule has 0 aliphatic rings. The lowest BCUT2D eigenvalue weighted by Gasteiger charge is -2.05. The van der Waals surface area contributed by atoms with Gasteiger partial charge in [-0.3, -0.25) is 4.79 Å². The maximum Gasteiger partial charge on any atom is 0.328 e. The number of benzene rings is 1. The number of carbonyl (C=O) groups excluding carboxylic acids is 1. The SMILES string of the molecule is CCCCOc1ccc(C(=O)/C=C/C(=O)O)cc1. The average molecular weight is 248 g/mol. The molecule has 0 amide bonds. The Bertz CT molecular complexity index is 432. The summed E-state index contributed by atoms with van der Waals surface area (Å²) in [6.45, 7) is 2.74. The Balaban J connectivity index is 2.59. The number of rotatable bonds is 7. The van der Waals surface area contributed by atoms with E-state index in [2.05, 4.69) is 6.92 Å². The zero-order valence-corrected chi connectivity index (χ0v) is 10.3. The fourth-order valence-corrected chi connectivity index (χ4v) is 1.29. The van der Waals surface area contributed by atoms with E-state index in [1.54, 1.807) is 24.3 Å². The van der Waals surface area contributed by atoms with Crippen LogP contribution in [0.3, 0.4) is 0 Å². The molecule has 18 heavy (non-hydrogen) atoms. The average Bonchev–Trinajstić information content (AvgIpc) is 2.37. The predicted molar refractivity (Wildman–Crippen MR) is 68.0 cm³/mol. The van der Waals surface area contributed by atoms with Crippen molar-refractivity contribution >= 4 is 11.8 Å². The van der Waals surface area contributed by atoms with Crippen LogP contribution in [0.4, 0.5) is 0 Å². The van der Waals surface area contributed by atoms with Gasteiger partial charge in [0.15, 0.2) is 5.78 Å². The molecule has 0 unspecified atom stereocenters. The summed E-state index contributed by atoms with van der Waals surface area (Å²) < 4.78 is 5.46. The lowest BCUT2D eigenvalue weighted by Crippen LogP contribution is -1.99. The first-order chi connectivity index (χ1) is 8.63. The zero-order chi connectivity index (χ0) is 13.4. The van der Waals surface area contributed by atoms with Crippen LogP contribution < -0.4 is 4.74 Å². The van der Waals surface area contributed by atoms with Gasteiger partial charge >= 0.3 is 5.97 Å². The summed E-state index contributed by atoms with van der Waals surface area (Å²) in [6, 6.07) is 6.65. The molecule has 0 spiro atoms. The second-order valence-corrected chi connectivity index (χ2v) is 3.76. The van der Waals surface area contributed by atoms with Crippen molar-refractivity contribution < 1.29 is 19.4 Å². The highest BCUT2D eigenvalue weighted by atomic mass is 16.5. The van der Waals surface area contributed by atoms with E-state index in [4.69, 9.17) is 9.84 Å². The first-order valence-corrected chi connectivity index (χ1v) is 5.81. The monoisotopic (exact) mass is 248 g/mol. The number of ketones is 1. The Morgan fingerprint density at radius 3 is 2.44 bits per heavy atom. The third-order valence-electron chi connectivity index (χ3n) is 2.28. The van der Waals surface area contributed by atoms with Crippen molar-refractivity contribution in [1.82, 2.24) is 0 Å². The van der Waals surface area contributed by atoms with Crippen LogP contribution >= 0.6 is 0 Å². The highest BCUT2D eigenvalue weighted by Gasteiger charge is 2.02. The molecule has 0 saturated heterocycles. The summed E-state index contributed by atoms with van der Waals surface area (Å²) in [5.74, 6) is -0.761. The molecule has 1 N–H and O–H groups in total. The van der Waals surface area contributed by atoms with Crippen LogP contribution in [0.2, 0.25) is 0 Å². The summed E-state index contributed by atoms with van der Waals surface area (Å²) in [4.78, 5) is 21.8. The van der Waals surface area contributed by atoms with E-state index in [0.29, 0.717) is 17.9 Å². The quantitative estimate of drug-likeness (QED) is 0.458. The van der Waals surface area contributed by atoms with Gasteiger partial charge in [0.05, 0.1) is 6.61 Å². The van der Waals surface area contributed by atoms with Crippen LogP contribution in [0.1, 0.15) is 30.1 Å². The van der Waals surface area contributed by atoms with Crippen molar-refractivity contribution in [1.29, 1.82) is 0 Å². The molecule has 0 fully saturated rings. The van der Waals surface area contributed by atoms with Gasteiger partial charge in [-0.05, 0) is 36.8 Å². The van der Waals surface area contributed by atoms with Gasteiger partial charge in [0, 0.05) is 11.6 Å². The van der Waals surface area contributed by atoms with E-state index in [1.165, 1.54) is 0 Å². The van der Waals surface area contributed by atoms with Gasteiger partial charge in [-0.25, -0.2) is 4.79 Å². The number of carboxylic acid groups (broad SMARTS) is 1. The Morgan fingerprint density at radius 2 is 1.89 bits per heavy atom. The summed E-state index contributed by atoms with van der Waals surface area (Å²) >= 11 is 0. The molecule has 1 aromatic carbocycles. The molecule has 1 aromatic rings. The lowest BCUT2D eigenvalue weighted by atomic mass is 10.1. The molecule has 0 aliphatic carbocycles. The molecule has 0 saturated carbocycles. The van der Waals surface area contributed by atoms with Crippen molar-refractivity contribution in [2.45, 2.75) is 19.8 Å². The van der Waals surface area contributed by atoms with E-state index in [-0.39, 0.29) is 5.78 Å². The summed E-state index contributed by atoms with van der Waals surface area (Å²) in [6.07, 6.45) is 3.92. The topological polar surface area (TPSA) is 63.6 Å². The van der Waals surface area contributed by atoms with Crippen LogP contribution in [0.25, 0.3) is 0 Å². The molecule has 0 bridgehead atoms. The first kappa shape index (κ1) is 14.0. The van der Waals surface area contributed by atoms with Crippen molar-refractivity contribution in [3.05, 3.63) is 42.0 Å². The van der Waals surface area contributed by atoms with Crippen LogP contribution in [0, 0.1) is 0 Å². The van der Waals surface area contributed by atoms with Crippen molar-refractivity contribution in [3.8, 4) is 5.75 Å². The molecule has 0 aliphatic heterocycles. The van der Waals surface area contributed by atoms with Crippen LogP contribution in [-0.4, -0.2) is 23.5 Å². The molecule has 0 heterocycles. The highest BCUT2D eigenvalue weighted by Crippen LogP contribution is 2.13. The number of carboxylic acids is 1. The van der Waals surface area contributed by atoms with Gasteiger partial charge < -0.3 is 9.84 Å². The molecule has 0 atom stereocenters. The third-order valence-corrected chi connectivity index (χ3v) is 2.28. The molecule has 1 rings (SSSR count). The standard InChI is InChI=1S/C14H16O4/c1-2-3-10-18-12-6-4-11(5-7-12)13(15)8-9-14(16)17/h4-9H,2-3,10H2,1H3,(H,16,17)/b9-8+. The fourth-order valence-electron chi connectivity index (χ4n) is 1.29. The highest BCUT2D eigenvalue weighted by molar-refractivity contribution is 6.06. The van der Waals surface area contributed by atoms with Crippen molar-refractivity contribution in [2.24, 2.45) is 0 Å². The number of carbonyl (C=O) groups is 2. The van der Waals surface area contributed by atoms with E-state index >= 15 is 0 Å². The number of unbranched alkanes of at least 4 members (excludes halogenated alkanes) is 1. The zero-order valence-electron chi connectivity index (χ0n) is 10.3. The van der Waals surface area contributed by atoms with Crippen LogP contribution in [-0.2, 0) is 4.79 Å². The second kappa shape index (κ2) is 7.27. The molecule has 4 heteroatoms. The Labute approximate surface area is 106 Å². The number of hydrogen-bond acceptors (Lipinski definition) is 3. The Hall–Kier alpha value is -2.10. The minimum absolute atomic E-state index is 0.336. The maximum atomic E-state index is 11.5. The van der Waals surface area contributed by atoms with Gasteiger partial charge in [0.2, 0.25) is 0 Å². The molecule has 0 radical (unpaired) electrons. The summed E-state index contributed by atoms with van der Waals surface area (Å²) in [5.41, 5.74) is 0.440. The number of hydrogen-bond donors (Lipinski definition) is 1. The van der Waals surface area contributed by atoms with Gasteiger partial charge in [-0.2, -0.15) is 0 Å². The van der Waals surface area contributed by atoms with E-state index < -0.39 is 5.97 Å². The van der Waals surface area contributed by atoms with Gasteiger partial charge in [0.1, 0.15) is 5.75 Å². The van der Waals surface area contributed by atoms with Crippen molar-refractivity contribution in [3.63, 3.8) is 0 Å². The van der Waals surface area contributed by atoms with Crippen molar-refractivity contribution in [2.75, 3.05) is 6.61 Å². The van der Waals surface area contributed by atoms with Gasteiger partial charge in [-0.1, -0.05) is 13.3 Å². The molecular formula is C14H16O4.